The van der Waals surface area contributed by atoms with Crippen molar-refractivity contribution in [1.82, 2.24) is 5.32 Å². The quantitative estimate of drug-likeness (QED) is 0.861. The van der Waals surface area contributed by atoms with E-state index >= 15 is 0 Å². The Hall–Kier alpha value is -2.24. The molecule has 0 fully saturated rings. The first kappa shape index (κ1) is 15.2. The molecule has 1 N–H and O–H groups in total. The number of benzene rings is 1. The second-order valence-corrected chi connectivity index (χ2v) is 5.80. The Morgan fingerprint density at radius 2 is 1.90 bits per heavy atom. The second-order valence-electron chi connectivity index (χ2n) is 5.80. The summed E-state index contributed by atoms with van der Waals surface area (Å²) in [6.07, 6.45) is 0. The lowest BCUT2D eigenvalue weighted by molar-refractivity contribution is -0.156. The predicted octanol–water partition coefficient (Wildman–Crippen LogP) is 1.88. The Bertz CT molecular complexity index is 562. The van der Waals surface area contributed by atoms with E-state index in [1.54, 1.807) is 45.9 Å². The first-order valence-corrected chi connectivity index (χ1v) is 6.69. The predicted molar refractivity (Wildman–Crippen MR) is 75.3 cm³/mol. The van der Waals surface area contributed by atoms with Crippen molar-refractivity contribution in [2.75, 3.05) is 6.79 Å². The van der Waals surface area contributed by atoms with Gasteiger partial charge in [0.25, 0.3) is 5.91 Å². The van der Waals surface area contributed by atoms with Gasteiger partial charge in [-0.25, -0.2) is 4.79 Å². The van der Waals surface area contributed by atoms with Crippen LogP contribution in [0.1, 0.15) is 38.1 Å². The normalized spacial score (nSPS) is 14.5. The molecule has 1 amide bonds. The van der Waals surface area contributed by atoms with E-state index in [2.05, 4.69) is 5.32 Å². The van der Waals surface area contributed by atoms with E-state index in [9.17, 15) is 9.59 Å². The number of carbonyl (C=O) groups is 2. The Labute approximate surface area is 123 Å². The molecule has 0 aliphatic carbocycles. The molecule has 0 unspecified atom stereocenters. The van der Waals surface area contributed by atoms with Crippen LogP contribution in [-0.2, 0) is 9.53 Å². The van der Waals surface area contributed by atoms with Crippen LogP contribution in [0.25, 0.3) is 0 Å². The molecule has 21 heavy (non-hydrogen) atoms. The van der Waals surface area contributed by atoms with Crippen LogP contribution in [0.15, 0.2) is 18.2 Å². The van der Waals surface area contributed by atoms with Gasteiger partial charge in [-0.05, 0) is 45.9 Å². The molecule has 0 aromatic heterocycles. The van der Waals surface area contributed by atoms with Crippen molar-refractivity contribution in [3.8, 4) is 11.5 Å². The smallest absolute Gasteiger partial charge is 0.328 e. The minimum atomic E-state index is -0.734. The molecule has 114 valence electrons. The Kier molecular flexibility index (Phi) is 4.06. The summed E-state index contributed by atoms with van der Waals surface area (Å²) in [6.45, 7) is 7.06. The number of nitrogens with one attached hydrogen (secondary N) is 1. The maximum atomic E-state index is 12.1. The maximum absolute atomic E-state index is 12.1. The summed E-state index contributed by atoms with van der Waals surface area (Å²) in [5.74, 6) is 0.280. The zero-order chi connectivity index (χ0) is 15.6. The fourth-order valence-electron chi connectivity index (χ4n) is 1.77. The van der Waals surface area contributed by atoms with Crippen LogP contribution in [0.4, 0.5) is 0 Å². The van der Waals surface area contributed by atoms with Gasteiger partial charge in [0.2, 0.25) is 6.79 Å². The molecule has 0 spiro atoms. The average Bonchev–Trinajstić information content (AvgIpc) is 2.83. The molecule has 6 nitrogen and oxygen atoms in total. The van der Waals surface area contributed by atoms with E-state index in [0.29, 0.717) is 17.1 Å². The molecule has 0 radical (unpaired) electrons. The number of hydrogen-bond donors (Lipinski definition) is 1. The third-order valence-corrected chi connectivity index (χ3v) is 2.74. The van der Waals surface area contributed by atoms with Crippen LogP contribution >= 0.6 is 0 Å². The van der Waals surface area contributed by atoms with E-state index in [1.165, 1.54) is 0 Å². The van der Waals surface area contributed by atoms with Gasteiger partial charge in [-0.2, -0.15) is 0 Å². The Morgan fingerprint density at radius 3 is 2.57 bits per heavy atom. The van der Waals surface area contributed by atoms with Crippen LogP contribution in [0.5, 0.6) is 11.5 Å². The average molecular weight is 293 g/mol. The van der Waals surface area contributed by atoms with Crippen molar-refractivity contribution >= 4 is 11.9 Å². The molecule has 1 heterocycles. The first-order chi connectivity index (χ1) is 9.76. The van der Waals surface area contributed by atoms with Crippen molar-refractivity contribution in [3.63, 3.8) is 0 Å². The van der Waals surface area contributed by atoms with E-state index in [0.717, 1.165) is 0 Å². The lowest BCUT2D eigenvalue weighted by Gasteiger charge is -2.22. The van der Waals surface area contributed by atoms with Gasteiger partial charge in [0, 0.05) is 5.56 Å². The summed E-state index contributed by atoms with van der Waals surface area (Å²) >= 11 is 0. The number of carbonyl (C=O) groups excluding carboxylic acids is 2. The van der Waals surface area contributed by atoms with Gasteiger partial charge in [0.05, 0.1) is 0 Å². The van der Waals surface area contributed by atoms with E-state index in [4.69, 9.17) is 14.2 Å². The molecule has 6 heteroatoms. The van der Waals surface area contributed by atoms with Gasteiger partial charge >= 0.3 is 5.97 Å². The lowest BCUT2D eigenvalue weighted by Crippen LogP contribution is -2.42. The molecule has 0 saturated carbocycles. The molecule has 0 saturated heterocycles. The highest BCUT2D eigenvalue weighted by molar-refractivity contribution is 5.97. The van der Waals surface area contributed by atoms with E-state index in [-0.39, 0.29) is 12.7 Å². The van der Waals surface area contributed by atoms with E-state index in [1.807, 2.05) is 0 Å². The van der Waals surface area contributed by atoms with Gasteiger partial charge in [0.1, 0.15) is 11.6 Å². The SMILES string of the molecule is C[C@@H](NC(=O)c1ccc2c(c1)OCO2)C(=O)OC(C)(C)C. The largest absolute Gasteiger partial charge is 0.458 e. The maximum Gasteiger partial charge on any atom is 0.328 e. The van der Waals surface area contributed by atoms with Gasteiger partial charge in [-0.15, -0.1) is 0 Å². The molecule has 1 aromatic carbocycles. The van der Waals surface area contributed by atoms with Crippen molar-refractivity contribution in [3.05, 3.63) is 23.8 Å². The molecule has 1 aromatic rings. The minimum absolute atomic E-state index is 0.148. The standard InChI is InChI=1S/C15H19NO5/c1-9(14(18)21-15(2,3)4)16-13(17)10-5-6-11-12(7-10)20-8-19-11/h5-7,9H,8H2,1-4H3,(H,16,17)/t9-/m1/s1. The Balaban J connectivity index is 1.99. The first-order valence-electron chi connectivity index (χ1n) is 6.69. The van der Waals surface area contributed by atoms with Crippen LogP contribution in [0.3, 0.4) is 0 Å². The fourth-order valence-corrected chi connectivity index (χ4v) is 1.77. The van der Waals surface area contributed by atoms with Crippen molar-refractivity contribution in [1.29, 1.82) is 0 Å². The number of amides is 1. The Morgan fingerprint density at radius 1 is 1.24 bits per heavy atom. The van der Waals surface area contributed by atoms with Crippen LogP contribution in [-0.4, -0.2) is 30.3 Å². The molecule has 1 atom stereocenters. The molecule has 2 rings (SSSR count). The highest BCUT2D eigenvalue weighted by Crippen LogP contribution is 2.32. The summed E-state index contributed by atoms with van der Waals surface area (Å²) < 4.78 is 15.6. The molecule has 0 bridgehead atoms. The zero-order valence-corrected chi connectivity index (χ0v) is 12.6. The summed E-state index contributed by atoms with van der Waals surface area (Å²) in [5, 5.41) is 2.60. The van der Waals surface area contributed by atoms with Crippen LogP contribution < -0.4 is 14.8 Å². The molecular formula is C15H19NO5. The molecule has 1 aliphatic rings. The number of hydrogen-bond acceptors (Lipinski definition) is 5. The van der Waals surface area contributed by atoms with Crippen molar-refractivity contribution in [2.45, 2.75) is 39.3 Å². The van der Waals surface area contributed by atoms with Gasteiger partial charge in [0.15, 0.2) is 11.5 Å². The van der Waals surface area contributed by atoms with Crippen molar-refractivity contribution < 1.29 is 23.8 Å². The summed E-state index contributed by atoms with van der Waals surface area (Å²) in [6, 6.07) is 4.13. The number of rotatable bonds is 3. The number of esters is 1. The fraction of sp³-hybridized carbons (Fsp3) is 0.467. The topological polar surface area (TPSA) is 73.9 Å². The van der Waals surface area contributed by atoms with Crippen LogP contribution in [0.2, 0.25) is 0 Å². The summed E-state index contributed by atoms with van der Waals surface area (Å²) in [7, 11) is 0. The third-order valence-electron chi connectivity index (χ3n) is 2.74. The zero-order valence-electron chi connectivity index (χ0n) is 12.6. The number of ether oxygens (including phenoxy) is 3. The number of fused-ring (bicyclic) bond motifs is 1. The highest BCUT2D eigenvalue weighted by atomic mass is 16.7. The van der Waals surface area contributed by atoms with Gasteiger partial charge in [-0.3, -0.25) is 4.79 Å². The van der Waals surface area contributed by atoms with Crippen LogP contribution in [0, 0.1) is 0 Å². The second kappa shape index (κ2) is 5.63. The lowest BCUT2D eigenvalue weighted by atomic mass is 10.1. The minimum Gasteiger partial charge on any atom is -0.458 e. The highest BCUT2D eigenvalue weighted by Gasteiger charge is 2.24. The van der Waals surface area contributed by atoms with E-state index < -0.39 is 17.6 Å². The third kappa shape index (κ3) is 3.87. The monoisotopic (exact) mass is 293 g/mol. The summed E-state index contributed by atoms with van der Waals surface area (Å²) in [4.78, 5) is 23.9. The molecular weight excluding hydrogens is 274 g/mol. The van der Waals surface area contributed by atoms with Crippen molar-refractivity contribution in [2.24, 2.45) is 0 Å². The van der Waals surface area contributed by atoms with Gasteiger partial charge in [-0.1, -0.05) is 0 Å². The molecule has 1 aliphatic heterocycles. The van der Waals surface area contributed by atoms with Gasteiger partial charge < -0.3 is 19.5 Å². The summed E-state index contributed by atoms with van der Waals surface area (Å²) in [5.41, 5.74) is -0.191.